The third kappa shape index (κ3) is 3.30. The maximum atomic E-state index is 11.8. The zero-order chi connectivity index (χ0) is 12.3. The lowest BCUT2D eigenvalue weighted by atomic mass is 9.81. The van der Waals surface area contributed by atoms with Crippen LogP contribution in [0.4, 0.5) is 0 Å². The Morgan fingerprint density at radius 2 is 1.81 bits per heavy atom. The molecule has 0 aromatic rings. The first-order valence-corrected chi connectivity index (χ1v) is 5.80. The van der Waals surface area contributed by atoms with E-state index in [4.69, 9.17) is 5.11 Å². The van der Waals surface area contributed by atoms with Crippen LogP contribution in [0.15, 0.2) is 0 Å². The van der Waals surface area contributed by atoms with E-state index in [2.05, 4.69) is 0 Å². The van der Waals surface area contributed by atoms with Gasteiger partial charge in [0.2, 0.25) is 11.8 Å². The van der Waals surface area contributed by atoms with Crippen molar-refractivity contribution >= 4 is 11.8 Å². The van der Waals surface area contributed by atoms with Crippen LogP contribution in [0, 0.1) is 11.3 Å². The number of hydrogen-bond donors (Lipinski definition) is 1. The number of likely N-dealkylation sites (tertiary alicyclic amines) is 1. The molecule has 1 aliphatic rings. The van der Waals surface area contributed by atoms with E-state index in [9.17, 15) is 9.59 Å². The summed E-state index contributed by atoms with van der Waals surface area (Å²) in [5.41, 5.74) is -0.203. The van der Waals surface area contributed by atoms with E-state index in [0.717, 1.165) is 0 Å². The van der Waals surface area contributed by atoms with Crippen LogP contribution in [-0.4, -0.2) is 35.0 Å². The summed E-state index contributed by atoms with van der Waals surface area (Å²) in [6, 6.07) is 0. The highest BCUT2D eigenvalue weighted by molar-refractivity contribution is 5.98. The largest absolute Gasteiger partial charge is 0.396 e. The quantitative estimate of drug-likeness (QED) is 0.734. The first-order chi connectivity index (χ1) is 7.35. The molecule has 1 aliphatic heterocycles. The summed E-state index contributed by atoms with van der Waals surface area (Å²) in [4.78, 5) is 25.0. The average molecular weight is 227 g/mol. The summed E-state index contributed by atoms with van der Waals surface area (Å²) in [6.45, 7) is 6.36. The SMILES string of the molecule is CC(CCO)CN1C(=O)CC(C)(C)CC1=O. The van der Waals surface area contributed by atoms with Crippen molar-refractivity contribution in [2.45, 2.75) is 40.0 Å². The van der Waals surface area contributed by atoms with E-state index in [1.54, 1.807) is 0 Å². The topological polar surface area (TPSA) is 57.6 Å². The average Bonchev–Trinajstić information content (AvgIpc) is 2.10. The van der Waals surface area contributed by atoms with Crippen molar-refractivity contribution in [1.82, 2.24) is 4.90 Å². The number of aliphatic hydroxyl groups is 1. The van der Waals surface area contributed by atoms with Gasteiger partial charge >= 0.3 is 0 Å². The van der Waals surface area contributed by atoms with Crippen molar-refractivity contribution in [2.75, 3.05) is 13.2 Å². The van der Waals surface area contributed by atoms with Gasteiger partial charge in [0.1, 0.15) is 0 Å². The molecule has 4 nitrogen and oxygen atoms in total. The van der Waals surface area contributed by atoms with E-state index >= 15 is 0 Å². The minimum Gasteiger partial charge on any atom is -0.396 e. The second kappa shape index (κ2) is 4.95. The zero-order valence-corrected chi connectivity index (χ0v) is 10.3. The van der Waals surface area contributed by atoms with Gasteiger partial charge in [-0.1, -0.05) is 20.8 Å². The van der Waals surface area contributed by atoms with Crippen LogP contribution in [0.2, 0.25) is 0 Å². The normalized spacial score (nSPS) is 22.4. The fourth-order valence-corrected chi connectivity index (χ4v) is 2.04. The molecule has 0 radical (unpaired) electrons. The Morgan fingerprint density at radius 3 is 2.25 bits per heavy atom. The van der Waals surface area contributed by atoms with Gasteiger partial charge in [0.05, 0.1) is 0 Å². The summed E-state index contributed by atoms with van der Waals surface area (Å²) < 4.78 is 0. The number of amides is 2. The molecule has 0 aromatic carbocycles. The fraction of sp³-hybridized carbons (Fsp3) is 0.833. The van der Waals surface area contributed by atoms with E-state index < -0.39 is 0 Å². The lowest BCUT2D eigenvalue weighted by molar-refractivity contribution is -0.153. The van der Waals surface area contributed by atoms with Gasteiger partial charge in [-0.05, 0) is 17.8 Å². The Labute approximate surface area is 96.6 Å². The molecule has 0 aromatic heterocycles. The highest BCUT2D eigenvalue weighted by Gasteiger charge is 2.37. The predicted molar refractivity (Wildman–Crippen MR) is 60.6 cm³/mol. The number of imide groups is 1. The molecule has 1 N–H and O–H groups in total. The van der Waals surface area contributed by atoms with Crippen LogP contribution in [0.25, 0.3) is 0 Å². The highest BCUT2D eigenvalue weighted by atomic mass is 16.3. The van der Waals surface area contributed by atoms with Crippen LogP contribution in [0.3, 0.4) is 0 Å². The highest BCUT2D eigenvalue weighted by Crippen LogP contribution is 2.31. The summed E-state index contributed by atoms with van der Waals surface area (Å²) >= 11 is 0. The van der Waals surface area contributed by atoms with E-state index in [1.165, 1.54) is 4.90 Å². The van der Waals surface area contributed by atoms with Crippen molar-refractivity contribution in [3.8, 4) is 0 Å². The smallest absolute Gasteiger partial charge is 0.229 e. The molecule has 4 heteroatoms. The molecule has 16 heavy (non-hydrogen) atoms. The van der Waals surface area contributed by atoms with Gasteiger partial charge in [-0.2, -0.15) is 0 Å². The summed E-state index contributed by atoms with van der Waals surface area (Å²) in [5.74, 6) is 0.0104. The minimum atomic E-state index is -0.203. The van der Waals surface area contributed by atoms with Crippen LogP contribution < -0.4 is 0 Å². The Bertz CT molecular complexity index is 266. The number of rotatable bonds is 4. The maximum absolute atomic E-state index is 11.8. The Hall–Kier alpha value is -0.900. The number of carbonyl (C=O) groups excluding carboxylic acids is 2. The van der Waals surface area contributed by atoms with Gasteiger partial charge in [0.25, 0.3) is 0 Å². The molecule has 1 atom stereocenters. The Kier molecular flexibility index (Phi) is 4.08. The summed E-state index contributed by atoms with van der Waals surface area (Å²) in [7, 11) is 0. The lowest BCUT2D eigenvalue weighted by Crippen LogP contribution is -2.47. The third-order valence-electron chi connectivity index (χ3n) is 2.98. The first kappa shape index (κ1) is 13.2. The van der Waals surface area contributed by atoms with Crippen LogP contribution in [-0.2, 0) is 9.59 Å². The fourth-order valence-electron chi connectivity index (χ4n) is 2.04. The Morgan fingerprint density at radius 1 is 1.31 bits per heavy atom. The molecule has 1 saturated heterocycles. The van der Waals surface area contributed by atoms with Crippen molar-refractivity contribution in [1.29, 1.82) is 0 Å². The van der Waals surface area contributed by atoms with Crippen LogP contribution in [0.5, 0.6) is 0 Å². The number of piperidine rings is 1. The molecule has 92 valence electrons. The van der Waals surface area contributed by atoms with Crippen LogP contribution in [0.1, 0.15) is 40.0 Å². The van der Waals surface area contributed by atoms with Crippen molar-refractivity contribution in [2.24, 2.45) is 11.3 Å². The minimum absolute atomic E-state index is 0.0777. The van der Waals surface area contributed by atoms with Crippen molar-refractivity contribution in [3.63, 3.8) is 0 Å². The molecule has 1 fully saturated rings. The molecular weight excluding hydrogens is 206 g/mol. The van der Waals surface area contributed by atoms with Gasteiger partial charge in [-0.15, -0.1) is 0 Å². The molecule has 0 aliphatic carbocycles. The van der Waals surface area contributed by atoms with Gasteiger partial charge in [0.15, 0.2) is 0 Å². The monoisotopic (exact) mass is 227 g/mol. The summed E-state index contributed by atoms with van der Waals surface area (Å²) in [6.07, 6.45) is 1.50. The molecule has 2 amide bonds. The standard InChI is InChI=1S/C12H21NO3/c1-9(4-5-14)8-13-10(15)6-12(2,3)7-11(13)16/h9,14H,4-8H2,1-3H3. The predicted octanol–water partition coefficient (Wildman–Crippen LogP) is 1.18. The molecule has 0 bridgehead atoms. The zero-order valence-electron chi connectivity index (χ0n) is 10.3. The van der Waals surface area contributed by atoms with E-state index in [1.807, 2.05) is 20.8 Å². The molecule has 0 saturated carbocycles. The van der Waals surface area contributed by atoms with Gasteiger partial charge in [-0.25, -0.2) is 0 Å². The van der Waals surface area contributed by atoms with Crippen molar-refractivity contribution in [3.05, 3.63) is 0 Å². The number of aliphatic hydroxyl groups excluding tert-OH is 1. The van der Waals surface area contributed by atoms with E-state index in [0.29, 0.717) is 25.8 Å². The molecular formula is C12H21NO3. The van der Waals surface area contributed by atoms with Gasteiger partial charge in [0, 0.05) is 26.0 Å². The second-order valence-electron chi connectivity index (χ2n) is 5.53. The molecule has 1 heterocycles. The third-order valence-corrected chi connectivity index (χ3v) is 2.98. The van der Waals surface area contributed by atoms with Gasteiger partial charge < -0.3 is 5.11 Å². The summed E-state index contributed by atoms with van der Waals surface area (Å²) in [5, 5.41) is 8.79. The number of nitrogens with zero attached hydrogens (tertiary/aromatic N) is 1. The van der Waals surface area contributed by atoms with Gasteiger partial charge in [-0.3, -0.25) is 14.5 Å². The first-order valence-electron chi connectivity index (χ1n) is 5.80. The number of hydrogen-bond acceptors (Lipinski definition) is 3. The lowest BCUT2D eigenvalue weighted by Gasteiger charge is -2.35. The van der Waals surface area contributed by atoms with Crippen molar-refractivity contribution < 1.29 is 14.7 Å². The van der Waals surface area contributed by atoms with Crippen LogP contribution >= 0.6 is 0 Å². The number of carbonyl (C=O) groups is 2. The maximum Gasteiger partial charge on any atom is 0.229 e. The molecule has 0 spiro atoms. The Balaban J connectivity index is 2.61. The molecule has 1 rings (SSSR count). The van der Waals surface area contributed by atoms with E-state index in [-0.39, 0.29) is 29.8 Å². The second-order valence-corrected chi connectivity index (χ2v) is 5.53. The molecule has 1 unspecified atom stereocenters.